The maximum Gasteiger partial charge on any atom is 0.0931 e. The van der Waals surface area contributed by atoms with Gasteiger partial charge in [-0.3, -0.25) is 0 Å². The highest BCUT2D eigenvalue weighted by atomic mass is 35.5. The summed E-state index contributed by atoms with van der Waals surface area (Å²) in [4.78, 5) is 1.30. The van der Waals surface area contributed by atoms with Crippen molar-refractivity contribution in [2.24, 2.45) is 0 Å². The van der Waals surface area contributed by atoms with Gasteiger partial charge in [-0.2, -0.15) is 0 Å². The summed E-state index contributed by atoms with van der Waals surface area (Å²) in [5, 5.41) is 3.33. The van der Waals surface area contributed by atoms with Crippen LogP contribution in [0.25, 0.3) is 0 Å². The van der Waals surface area contributed by atoms with Crippen LogP contribution in [0.15, 0.2) is 12.1 Å². The third kappa shape index (κ3) is 2.47. The maximum atomic E-state index is 5.80. The zero-order chi connectivity index (χ0) is 8.27. The Hall–Kier alpha value is -0.0500. The first-order chi connectivity index (χ1) is 5.24. The highest BCUT2D eigenvalue weighted by molar-refractivity contribution is 7.16. The molecule has 1 heterocycles. The molecule has 0 radical (unpaired) electrons. The van der Waals surface area contributed by atoms with Gasteiger partial charge in [0.2, 0.25) is 0 Å². The highest BCUT2D eigenvalue weighted by Gasteiger charge is 2.05. The molecule has 1 atom stereocenters. The van der Waals surface area contributed by atoms with Crippen molar-refractivity contribution in [1.82, 2.24) is 5.32 Å². The fourth-order valence-corrected chi connectivity index (χ4v) is 2.06. The Morgan fingerprint density at radius 1 is 1.64 bits per heavy atom. The van der Waals surface area contributed by atoms with Crippen LogP contribution in [0, 0.1) is 0 Å². The van der Waals surface area contributed by atoms with Crippen molar-refractivity contribution in [2.75, 3.05) is 6.54 Å². The van der Waals surface area contributed by atoms with Gasteiger partial charge in [0.15, 0.2) is 0 Å². The fraction of sp³-hybridized carbons (Fsp3) is 0.500. The molecule has 0 amide bonds. The van der Waals surface area contributed by atoms with Crippen LogP contribution in [0.5, 0.6) is 0 Å². The summed E-state index contributed by atoms with van der Waals surface area (Å²) in [5.41, 5.74) is 0. The van der Waals surface area contributed by atoms with E-state index in [9.17, 15) is 0 Å². The Bertz CT molecular complexity index is 222. The summed E-state index contributed by atoms with van der Waals surface area (Å²) in [6.45, 7) is 5.24. The molecule has 0 spiro atoms. The third-order valence-corrected chi connectivity index (χ3v) is 2.94. The van der Waals surface area contributed by atoms with Crippen LogP contribution >= 0.6 is 22.9 Å². The standard InChI is InChI=1S/C8H12ClNS/c1-3-10-6(2)7-4-5-8(9)11-7/h4-6,10H,3H2,1-2H3/t6-/m0/s1. The number of rotatable bonds is 3. The van der Waals surface area contributed by atoms with Gasteiger partial charge in [0, 0.05) is 10.9 Å². The summed E-state index contributed by atoms with van der Waals surface area (Å²) < 4.78 is 0.866. The summed E-state index contributed by atoms with van der Waals surface area (Å²) >= 11 is 7.43. The molecule has 0 fully saturated rings. The highest BCUT2D eigenvalue weighted by Crippen LogP contribution is 2.26. The first kappa shape index (κ1) is 9.04. The normalized spacial score (nSPS) is 13.4. The van der Waals surface area contributed by atoms with Crippen molar-refractivity contribution in [3.05, 3.63) is 21.3 Å². The number of nitrogens with one attached hydrogen (secondary N) is 1. The van der Waals surface area contributed by atoms with Crippen LogP contribution < -0.4 is 5.32 Å². The molecule has 1 rings (SSSR count). The largest absolute Gasteiger partial charge is 0.310 e. The van der Waals surface area contributed by atoms with Crippen LogP contribution in [-0.4, -0.2) is 6.54 Å². The summed E-state index contributed by atoms with van der Waals surface area (Å²) in [6, 6.07) is 4.44. The van der Waals surface area contributed by atoms with Gasteiger partial charge in [0.25, 0.3) is 0 Å². The van der Waals surface area contributed by atoms with E-state index in [0.29, 0.717) is 6.04 Å². The molecular formula is C8H12ClNS. The smallest absolute Gasteiger partial charge is 0.0931 e. The first-order valence-electron chi connectivity index (χ1n) is 3.72. The lowest BCUT2D eigenvalue weighted by molar-refractivity contribution is 0.607. The third-order valence-electron chi connectivity index (χ3n) is 1.53. The van der Waals surface area contributed by atoms with Gasteiger partial charge >= 0.3 is 0 Å². The van der Waals surface area contributed by atoms with Gasteiger partial charge in [0.05, 0.1) is 4.34 Å². The zero-order valence-electron chi connectivity index (χ0n) is 6.73. The van der Waals surface area contributed by atoms with Gasteiger partial charge < -0.3 is 5.32 Å². The van der Waals surface area contributed by atoms with E-state index in [4.69, 9.17) is 11.6 Å². The quantitative estimate of drug-likeness (QED) is 0.771. The van der Waals surface area contributed by atoms with E-state index in [2.05, 4.69) is 25.2 Å². The van der Waals surface area contributed by atoms with Crippen LogP contribution in [0.4, 0.5) is 0 Å². The molecule has 0 saturated heterocycles. The molecule has 0 aliphatic carbocycles. The minimum Gasteiger partial charge on any atom is -0.310 e. The molecule has 3 heteroatoms. The van der Waals surface area contributed by atoms with E-state index in [-0.39, 0.29) is 0 Å². The van der Waals surface area contributed by atoms with E-state index >= 15 is 0 Å². The number of thiophene rings is 1. The van der Waals surface area contributed by atoms with Crippen molar-refractivity contribution in [3.8, 4) is 0 Å². The minimum absolute atomic E-state index is 0.428. The second-order valence-electron chi connectivity index (χ2n) is 2.42. The molecule has 0 bridgehead atoms. The van der Waals surface area contributed by atoms with Crippen molar-refractivity contribution >= 4 is 22.9 Å². The summed E-state index contributed by atoms with van der Waals surface area (Å²) in [5.74, 6) is 0. The van der Waals surface area contributed by atoms with Gasteiger partial charge in [-0.1, -0.05) is 18.5 Å². The molecule has 1 nitrogen and oxygen atoms in total. The number of hydrogen-bond donors (Lipinski definition) is 1. The van der Waals surface area contributed by atoms with E-state index in [1.54, 1.807) is 11.3 Å². The Labute approximate surface area is 76.4 Å². The van der Waals surface area contributed by atoms with Crippen molar-refractivity contribution in [3.63, 3.8) is 0 Å². The van der Waals surface area contributed by atoms with Crippen molar-refractivity contribution < 1.29 is 0 Å². The van der Waals surface area contributed by atoms with Crippen molar-refractivity contribution in [2.45, 2.75) is 19.9 Å². The number of halogens is 1. The summed E-state index contributed by atoms with van der Waals surface area (Å²) in [7, 11) is 0. The van der Waals surface area contributed by atoms with Crippen LogP contribution in [0.3, 0.4) is 0 Å². The molecule has 62 valence electrons. The Morgan fingerprint density at radius 3 is 2.82 bits per heavy atom. The number of hydrogen-bond acceptors (Lipinski definition) is 2. The molecule has 1 aromatic rings. The molecule has 0 aliphatic rings. The van der Waals surface area contributed by atoms with Gasteiger partial charge in [-0.25, -0.2) is 0 Å². The molecule has 0 saturated carbocycles. The molecule has 0 aliphatic heterocycles. The van der Waals surface area contributed by atoms with E-state index in [0.717, 1.165) is 10.9 Å². The lowest BCUT2D eigenvalue weighted by Crippen LogP contribution is -2.16. The molecule has 11 heavy (non-hydrogen) atoms. The lowest BCUT2D eigenvalue weighted by Gasteiger charge is -2.08. The average Bonchev–Trinajstić information content (AvgIpc) is 2.36. The SMILES string of the molecule is CCN[C@@H](C)c1ccc(Cl)s1. The van der Waals surface area contributed by atoms with Gasteiger partial charge in [-0.15, -0.1) is 11.3 Å². The second kappa shape index (κ2) is 4.10. The average molecular weight is 190 g/mol. The van der Waals surface area contributed by atoms with E-state index in [1.165, 1.54) is 4.88 Å². The monoisotopic (exact) mass is 189 g/mol. The molecular weight excluding hydrogens is 178 g/mol. The Kier molecular flexibility index (Phi) is 3.37. The molecule has 0 aromatic carbocycles. The first-order valence-corrected chi connectivity index (χ1v) is 4.92. The van der Waals surface area contributed by atoms with Gasteiger partial charge in [-0.05, 0) is 25.6 Å². The van der Waals surface area contributed by atoms with Gasteiger partial charge in [0.1, 0.15) is 0 Å². The van der Waals surface area contributed by atoms with Crippen LogP contribution in [-0.2, 0) is 0 Å². The molecule has 1 aromatic heterocycles. The Balaban J connectivity index is 2.60. The topological polar surface area (TPSA) is 12.0 Å². The van der Waals surface area contributed by atoms with E-state index in [1.807, 2.05) is 6.07 Å². The Morgan fingerprint density at radius 2 is 2.36 bits per heavy atom. The second-order valence-corrected chi connectivity index (χ2v) is 4.17. The van der Waals surface area contributed by atoms with Crippen molar-refractivity contribution in [1.29, 1.82) is 0 Å². The predicted octanol–water partition coefficient (Wildman–Crippen LogP) is 3.07. The minimum atomic E-state index is 0.428. The fourth-order valence-electron chi connectivity index (χ4n) is 0.968. The van der Waals surface area contributed by atoms with E-state index < -0.39 is 0 Å². The zero-order valence-corrected chi connectivity index (χ0v) is 8.30. The van der Waals surface area contributed by atoms with Crippen LogP contribution in [0.1, 0.15) is 24.8 Å². The molecule has 1 N–H and O–H groups in total. The van der Waals surface area contributed by atoms with Crippen LogP contribution in [0.2, 0.25) is 4.34 Å². The maximum absolute atomic E-state index is 5.80. The summed E-state index contributed by atoms with van der Waals surface area (Å²) in [6.07, 6.45) is 0. The predicted molar refractivity (Wildman–Crippen MR) is 51.4 cm³/mol. The molecule has 0 unspecified atom stereocenters. The lowest BCUT2D eigenvalue weighted by atomic mass is 10.3.